The summed E-state index contributed by atoms with van der Waals surface area (Å²) in [4.78, 5) is 0. The lowest BCUT2D eigenvalue weighted by molar-refractivity contribution is 0.0228. The minimum absolute atomic E-state index is 0.323. The van der Waals surface area contributed by atoms with Crippen molar-refractivity contribution in [3.63, 3.8) is 0 Å². The van der Waals surface area contributed by atoms with E-state index in [4.69, 9.17) is 11.6 Å². The van der Waals surface area contributed by atoms with Gasteiger partial charge in [-0.2, -0.15) is 5.26 Å². The zero-order chi connectivity index (χ0) is 13.6. The number of hydrogen-bond acceptors (Lipinski definition) is 2. The monoisotopic (exact) mass is 339 g/mol. The van der Waals surface area contributed by atoms with Crippen molar-refractivity contribution in [1.29, 1.82) is 5.26 Å². The molecule has 2 fully saturated rings. The molecule has 1 aromatic carbocycles. The Morgan fingerprint density at radius 3 is 2.84 bits per heavy atom. The Morgan fingerprint density at radius 2 is 2.26 bits per heavy atom. The quantitative estimate of drug-likeness (QED) is 0.863. The normalized spacial score (nSPS) is 34.2. The van der Waals surface area contributed by atoms with Gasteiger partial charge in [-0.1, -0.05) is 34.0 Å². The van der Waals surface area contributed by atoms with Gasteiger partial charge in [0.05, 0.1) is 17.6 Å². The summed E-state index contributed by atoms with van der Waals surface area (Å²) in [6.45, 7) is 0. The molecule has 2 aliphatic rings. The molecule has 0 saturated heterocycles. The third-order valence-corrected chi connectivity index (χ3v) is 5.80. The van der Waals surface area contributed by atoms with Crippen LogP contribution in [-0.4, -0.2) is 5.11 Å². The van der Waals surface area contributed by atoms with Gasteiger partial charge in [0.2, 0.25) is 0 Å². The summed E-state index contributed by atoms with van der Waals surface area (Å²) in [5.41, 5.74) is 0.109. The first kappa shape index (κ1) is 13.4. The molecule has 0 amide bonds. The van der Waals surface area contributed by atoms with E-state index in [1.54, 1.807) is 12.1 Å². The molecule has 1 N–H and O–H groups in total. The molecule has 2 saturated carbocycles. The Balaban J connectivity index is 2.01. The summed E-state index contributed by atoms with van der Waals surface area (Å²) in [5.74, 6) is 0.931. The van der Waals surface area contributed by atoms with Gasteiger partial charge < -0.3 is 5.11 Å². The first-order chi connectivity index (χ1) is 9.06. The average molecular weight is 341 g/mol. The summed E-state index contributed by atoms with van der Waals surface area (Å²) in [7, 11) is 0. The van der Waals surface area contributed by atoms with Gasteiger partial charge >= 0.3 is 0 Å². The Bertz CT molecular complexity index is 556. The van der Waals surface area contributed by atoms with Crippen LogP contribution in [0.25, 0.3) is 0 Å². The molecule has 3 rings (SSSR count). The van der Waals surface area contributed by atoms with Gasteiger partial charge in [0.15, 0.2) is 0 Å². The molecule has 2 bridgehead atoms. The fourth-order valence-electron chi connectivity index (χ4n) is 3.91. The van der Waals surface area contributed by atoms with E-state index in [0.717, 1.165) is 29.3 Å². The molecule has 100 valence electrons. The van der Waals surface area contributed by atoms with Crippen LogP contribution in [0.4, 0.5) is 0 Å². The Kier molecular flexibility index (Phi) is 3.37. The third-order valence-electron chi connectivity index (χ3n) is 4.84. The van der Waals surface area contributed by atoms with Crippen LogP contribution in [0.2, 0.25) is 5.02 Å². The van der Waals surface area contributed by atoms with Crippen LogP contribution >= 0.6 is 27.5 Å². The third kappa shape index (κ3) is 2.01. The van der Waals surface area contributed by atoms with E-state index < -0.39 is 11.5 Å². The van der Waals surface area contributed by atoms with E-state index >= 15 is 0 Å². The topological polar surface area (TPSA) is 44.0 Å². The molecule has 0 radical (unpaired) electrons. The van der Waals surface area contributed by atoms with Crippen molar-refractivity contribution < 1.29 is 5.11 Å². The molecule has 4 atom stereocenters. The lowest BCUT2D eigenvalue weighted by Gasteiger charge is -2.36. The Hall–Kier alpha value is -0.560. The first-order valence-electron chi connectivity index (χ1n) is 6.61. The standard InChI is InChI=1S/C15H15BrClNO/c16-13-4-3-11(17)6-12(13)14(19)15(8-18)7-9-1-2-10(15)5-9/h3-4,6,9-10,14,19H,1-2,5,7H2. The highest BCUT2D eigenvalue weighted by atomic mass is 79.9. The molecular formula is C15H15BrClNO. The highest BCUT2D eigenvalue weighted by Gasteiger charge is 2.56. The lowest BCUT2D eigenvalue weighted by atomic mass is 9.68. The van der Waals surface area contributed by atoms with Gasteiger partial charge in [0.25, 0.3) is 0 Å². The highest BCUT2D eigenvalue weighted by Crippen LogP contribution is 2.61. The van der Waals surface area contributed by atoms with E-state index in [-0.39, 0.29) is 0 Å². The second-order valence-corrected chi connectivity index (χ2v) is 7.09. The molecule has 1 aromatic rings. The number of nitrogens with zero attached hydrogens (tertiary/aromatic N) is 1. The van der Waals surface area contributed by atoms with Crippen molar-refractivity contribution in [2.24, 2.45) is 17.3 Å². The highest BCUT2D eigenvalue weighted by molar-refractivity contribution is 9.10. The fourth-order valence-corrected chi connectivity index (χ4v) is 4.55. The zero-order valence-electron chi connectivity index (χ0n) is 10.4. The predicted octanol–water partition coefficient (Wildman–Crippen LogP) is 4.47. The van der Waals surface area contributed by atoms with Gasteiger partial charge in [-0.3, -0.25) is 0 Å². The SMILES string of the molecule is N#CC1(C(O)c2cc(Cl)ccc2Br)CC2CCC1C2. The van der Waals surface area contributed by atoms with Crippen molar-refractivity contribution in [1.82, 2.24) is 0 Å². The number of rotatable bonds is 2. The minimum Gasteiger partial charge on any atom is -0.387 e. The van der Waals surface area contributed by atoms with Gasteiger partial charge in [0.1, 0.15) is 0 Å². The lowest BCUT2D eigenvalue weighted by Crippen LogP contribution is -2.33. The molecule has 4 heteroatoms. The maximum absolute atomic E-state index is 10.8. The number of fused-ring (bicyclic) bond motifs is 2. The van der Waals surface area contributed by atoms with Crippen molar-refractivity contribution in [3.05, 3.63) is 33.3 Å². The molecule has 19 heavy (non-hydrogen) atoms. The largest absolute Gasteiger partial charge is 0.387 e. The van der Waals surface area contributed by atoms with Crippen molar-refractivity contribution in [2.45, 2.75) is 31.8 Å². The van der Waals surface area contributed by atoms with Crippen LogP contribution in [0.15, 0.2) is 22.7 Å². The molecule has 0 aliphatic heterocycles. The number of benzene rings is 1. The van der Waals surface area contributed by atoms with Crippen molar-refractivity contribution in [2.75, 3.05) is 0 Å². The van der Waals surface area contributed by atoms with Crippen LogP contribution in [0.3, 0.4) is 0 Å². The maximum Gasteiger partial charge on any atom is 0.0990 e. The number of aliphatic hydroxyl groups is 1. The number of halogens is 2. The zero-order valence-corrected chi connectivity index (χ0v) is 12.8. The molecule has 2 nitrogen and oxygen atoms in total. The second-order valence-electron chi connectivity index (χ2n) is 5.80. The Labute approximate surface area is 126 Å². The fraction of sp³-hybridized carbons (Fsp3) is 0.533. The minimum atomic E-state index is -0.763. The first-order valence-corrected chi connectivity index (χ1v) is 7.78. The molecule has 4 unspecified atom stereocenters. The molecule has 0 aromatic heterocycles. The van der Waals surface area contributed by atoms with Crippen LogP contribution in [0, 0.1) is 28.6 Å². The van der Waals surface area contributed by atoms with Crippen LogP contribution in [0.5, 0.6) is 0 Å². The smallest absolute Gasteiger partial charge is 0.0990 e. The number of hydrogen-bond donors (Lipinski definition) is 1. The van der Waals surface area contributed by atoms with Crippen LogP contribution in [-0.2, 0) is 0 Å². The molecule has 0 heterocycles. The predicted molar refractivity (Wildman–Crippen MR) is 77.6 cm³/mol. The van der Waals surface area contributed by atoms with Gasteiger partial charge in [-0.15, -0.1) is 0 Å². The molecule has 0 spiro atoms. The molecule has 2 aliphatic carbocycles. The summed E-state index contributed by atoms with van der Waals surface area (Å²) >= 11 is 9.48. The Morgan fingerprint density at radius 1 is 1.47 bits per heavy atom. The van der Waals surface area contributed by atoms with Crippen molar-refractivity contribution >= 4 is 27.5 Å². The summed E-state index contributed by atoms with van der Waals surface area (Å²) in [5, 5.41) is 21.1. The summed E-state index contributed by atoms with van der Waals surface area (Å²) < 4.78 is 0.821. The second kappa shape index (κ2) is 4.77. The van der Waals surface area contributed by atoms with E-state index in [1.807, 2.05) is 6.07 Å². The molecular weight excluding hydrogens is 326 g/mol. The van der Waals surface area contributed by atoms with Gasteiger partial charge in [-0.25, -0.2) is 0 Å². The van der Waals surface area contributed by atoms with Crippen molar-refractivity contribution in [3.8, 4) is 6.07 Å². The maximum atomic E-state index is 10.8. The van der Waals surface area contributed by atoms with Crippen LogP contribution in [0.1, 0.15) is 37.4 Å². The summed E-state index contributed by atoms with van der Waals surface area (Å²) in [6.07, 6.45) is 3.41. The number of nitriles is 1. The van der Waals surface area contributed by atoms with Crippen LogP contribution < -0.4 is 0 Å². The number of aliphatic hydroxyl groups excluding tert-OH is 1. The summed E-state index contributed by atoms with van der Waals surface area (Å²) in [6, 6.07) is 7.82. The van der Waals surface area contributed by atoms with Gasteiger partial charge in [-0.05, 0) is 54.9 Å². The van der Waals surface area contributed by atoms with E-state index in [2.05, 4.69) is 22.0 Å². The van der Waals surface area contributed by atoms with E-state index in [1.165, 1.54) is 6.42 Å². The van der Waals surface area contributed by atoms with Gasteiger partial charge in [0, 0.05) is 9.50 Å². The van der Waals surface area contributed by atoms with E-state index in [9.17, 15) is 10.4 Å². The van der Waals surface area contributed by atoms with E-state index in [0.29, 0.717) is 16.9 Å². The average Bonchev–Trinajstić information content (AvgIpc) is 3.01.